The standard InChI is InChI=1S/C21H27Cl/c1-16(17(2)18-9-6-5-7-10-18)13-14-21(3,4)19-11-8-12-20(22)15-19/h5-12,15-17H,13-14H2,1-4H3. The molecule has 2 aromatic rings. The van der Waals surface area contributed by atoms with Gasteiger partial charge in [0.15, 0.2) is 0 Å². The lowest BCUT2D eigenvalue weighted by Crippen LogP contribution is -2.19. The number of halogens is 1. The van der Waals surface area contributed by atoms with E-state index in [1.807, 2.05) is 6.07 Å². The Bertz CT molecular complexity index is 586. The van der Waals surface area contributed by atoms with Crippen molar-refractivity contribution in [3.05, 3.63) is 70.7 Å². The normalized spacial score (nSPS) is 14.6. The van der Waals surface area contributed by atoms with Crippen molar-refractivity contribution < 1.29 is 0 Å². The highest BCUT2D eigenvalue weighted by Gasteiger charge is 2.23. The topological polar surface area (TPSA) is 0 Å². The van der Waals surface area contributed by atoms with Crippen LogP contribution in [0.4, 0.5) is 0 Å². The van der Waals surface area contributed by atoms with Gasteiger partial charge in [-0.3, -0.25) is 0 Å². The zero-order valence-corrected chi connectivity index (χ0v) is 14.9. The molecule has 0 aliphatic rings. The highest BCUT2D eigenvalue weighted by Crippen LogP contribution is 2.35. The van der Waals surface area contributed by atoms with E-state index < -0.39 is 0 Å². The fraction of sp³-hybridized carbons (Fsp3) is 0.429. The van der Waals surface area contributed by atoms with Gasteiger partial charge in [0.1, 0.15) is 0 Å². The summed E-state index contributed by atoms with van der Waals surface area (Å²) in [5, 5.41) is 0.830. The molecule has 118 valence electrons. The molecular formula is C21H27Cl. The van der Waals surface area contributed by atoms with Crippen LogP contribution in [0.15, 0.2) is 54.6 Å². The van der Waals surface area contributed by atoms with Crippen LogP contribution in [0.3, 0.4) is 0 Å². The average molecular weight is 315 g/mol. The summed E-state index contributed by atoms with van der Waals surface area (Å²) in [7, 11) is 0. The largest absolute Gasteiger partial charge is 0.0843 e. The molecule has 0 aliphatic heterocycles. The first-order valence-electron chi connectivity index (χ1n) is 8.21. The van der Waals surface area contributed by atoms with Gasteiger partial charge in [0.05, 0.1) is 0 Å². The van der Waals surface area contributed by atoms with Crippen LogP contribution < -0.4 is 0 Å². The number of hydrogen-bond acceptors (Lipinski definition) is 0. The predicted octanol–water partition coefficient (Wildman–Crippen LogP) is 6.84. The van der Waals surface area contributed by atoms with E-state index in [1.165, 1.54) is 24.0 Å². The van der Waals surface area contributed by atoms with Gasteiger partial charge in [0.2, 0.25) is 0 Å². The van der Waals surface area contributed by atoms with Crippen molar-refractivity contribution in [1.29, 1.82) is 0 Å². The van der Waals surface area contributed by atoms with E-state index in [4.69, 9.17) is 11.6 Å². The lowest BCUT2D eigenvalue weighted by molar-refractivity contribution is 0.369. The Labute approximate surface area is 140 Å². The first-order chi connectivity index (χ1) is 10.4. The molecule has 0 aliphatic carbocycles. The second-order valence-electron chi connectivity index (χ2n) is 7.11. The van der Waals surface area contributed by atoms with Crippen LogP contribution in [0.5, 0.6) is 0 Å². The molecule has 2 aromatic carbocycles. The van der Waals surface area contributed by atoms with Crippen molar-refractivity contribution in [3.8, 4) is 0 Å². The van der Waals surface area contributed by atoms with Crippen molar-refractivity contribution in [1.82, 2.24) is 0 Å². The molecule has 0 saturated carbocycles. The quantitative estimate of drug-likeness (QED) is 0.547. The minimum absolute atomic E-state index is 0.162. The molecule has 0 fully saturated rings. The van der Waals surface area contributed by atoms with E-state index in [0.717, 1.165) is 5.02 Å². The van der Waals surface area contributed by atoms with E-state index in [1.54, 1.807) is 0 Å². The summed E-state index contributed by atoms with van der Waals surface area (Å²) in [5.74, 6) is 1.26. The lowest BCUT2D eigenvalue weighted by Gasteiger charge is -2.29. The average Bonchev–Trinajstić information content (AvgIpc) is 2.53. The van der Waals surface area contributed by atoms with Gasteiger partial charge < -0.3 is 0 Å². The summed E-state index contributed by atoms with van der Waals surface area (Å²) in [6.45, 7) is 9.34. The minimum Gasteiger partial charge on any atom is -0.0843 e. The van der Waals surface area contributed by atoms with Crippen LogP contribution in [0.25, 0.3) is 0 Å². The smallest absolute Gasteiger partial charge is 0.0408 e. The Morgan fingerprint density at radius 1 is 0.955 bits per heavy atom. The fourth-order valence-electron chi connectivity index (χ4n) is 2.98. The van der Waals surface area contributed by atoms with E-state index >= 15 is 0 Å². The summed E-state index contributed by atoms with van der Waals surface area (Å²) in [6.07, 6.45) is 2.39. The highest BCUT2D eigenvalue weighted by molar-refractivity contribution is 6.30. The van der Waals surface area contributed by atoms with Crippen molar-refractivity contribution in [2.24, 2.45) is 5.92 Å². The summed E-state index contributed by atoms with van der Waals surface area (Å²) < 4.78 is 0. The molecule has 0 bridgehead atoms. The second kappa shape index (κ2) is 7.33. The zero-order chi connectivity index (χ0) is 16.2. The molecule has 0 nitrogen and oxygen atoms in total. The number of hydrogen-bond donors (Lipinski definition) is 0. The molecule has 2 atom stereocenters. The van der Waals surface area contributed by atoms with E-state index in [9.17, 15) is 0 Å². The third-order valence-electron chi connectivity index (χ3n) is 5.01. The van der Waals surface area contributed by atoms with Crippen molar-refractivity contribution >= 4 is 11.6 Å². The van der Waals surface area contributed by atoms with E-state index in [2.05, 4.69) is 76.2 Å². The summed E-state index contributed by atoms with van der Waals surface area (Å²) in [4.78, 5) is 0. The Balaban J connectivity index is 1.99. The molecular weight excluding hydrogens is 288 g/mol. The number of rotatable bonds is 6. The van der Waals surface area contributed by atoms with Gasteiger partial charge in [-0.2, -0.15) is 0 Å². The molecule has 2 rings (SSSR count). The summed E-state index contributed by atoms with van der Waals surface area (Å²) >= 11 is 6.14. The van der Waals surface area contributed by atoms with Gasteiger partial charge in [-0.15, -0.1) is 0 Å². The van der Waals surface area contributed by atoms with Gasteiger partial charge in [-0.1, -0.05) is 81.8 Å². The Hall–Kier alpha value is -1.27. The zero-order valence-electron chi connectivity index (χ0n) is 14.1. The first kappa shape index (κ1) is 17.1. The monoisotopic (exact) mass is 314 g/mol. The fourth-order valence-corrected chi connectivity index (χ4v) is 3.17. The Kier molecular flexibility index (Phi) is 5.69. The van der Waals surface area contributed by atoms with Crippen LogP contribution in [-0.2, 0) is 5.41 Å². The van der Waals surface area contributed by atoms with Crippen LogP contribution in [0.1, 0.15) is 57.6 Å². The molecule has 1 heteroatoms. The molecule has 0 amide bonds. The van der Waals surface area contributed by atoms with Gasteiger partial charge in [0.25, 0.3) is 0 Å². The van der Waals surface area contributed by atoms with Crippen molar-refractivity contribution in [3.63, 3.8) is 0 Å². The maximum Gasteiger partial charge on any atom is 0.0408 e. The van der Waals surface area contributed by atoms with Crippen LogP contribution in [-0.4, -0.2) is 0 Å². The van der Waals surface area contributed by atoms with Crippen LogP contribution in [0, 0.1) is 5.92 Å². The molecule has 0 radical (unpaired) electrons. The van der Waals surface area contributed by atoms with Gasteiger partial charge in [-0.05, 0) is 53.4 Å². The second-order valence-corrected chi connectivity index (χ2v) is 7.55. The highest BCUT2D eigenvalue weighted by atomic mass is 35.5. The van der Waals surface area contributed by atoms with Crippen LogP contribution >= 0.6 is 11.6 Å². The molecule has 0 heterocycles. The third-order valence-corrected chi connectivity index (χ3v) is 5.24. The van der Waals surface area contributed by atoms with Crippen molar-refractivity contribution in [2.75, 3.05) is 0 Å². The van der Waals surface area contributed by atoms with Gasteiger partial charge in [-0.25, -0.2) is 0 Å². The Morgan fingerprint density at radius 3 is 2.27 bits per heavy atom. The van der Waals surface area contributed by atoms with E-state index in [-0.39, 0.29) is 5.41 Å². The predicted molar refractivity (Wildman–Crippen MR) is 97.7 cm³/mol. The lowest BCUT2D eigenvalue weighted by atomic mass is 9.76. The molecule has 22 heavy (non-hydrogen) atoms. The molecule has 0 saturated heterocycles. The third kappa shape index (κ3) is 4.36. The van der Waals surface area contributed by atoms with Crippen LogP contribution in [0.2, 0.25) is 5.02 Å². The summed E-state index contributed by atoms with van der Waals surface area (Å²) in [6, 6.07) is 19.1. The summed E-state index contributed by atoms with van der Waals surface area (Å²) in [5.41, 5.74) is 2.94. The SMILES string of the molecule is CC(CCC(C)(C)c1cccc(Cl)c1)C(C)c1ccccc1. The first-order valence-corrected chi connectivity index (χ1v) is 8.59. The maximum absolute atomic E-state index is 6.14. The Morgan fingerprint density at radius 2 is 1.64 bits per heavy atom. The molecule has 0 spiro atoms. The van der Waals surface area contributed by atoms with Crippen molar-refractivity contribution in [2.45, 2.75) is 51.9 Å². The number of benzene rings is 2. The molecule has 0 aromatic heterocycles. The maximum atomic E-state index is 6.14. The van der Waals surface area contributed by atoms with Gasteiger partial charge >= 0.3 is 0 Å². The molecule has 2 unspecified atom stereocenters. The van der Waals surface area contributed by atoms with E-state index in [0.29, 0.717) is 11.8 Å². The molecule has 0 N–H and O–H groups in total. The van der Waals surface area contributed by atoms with Gasteiger partial charge in [0, 0.05) is 5.02 Å². The minimum atomic E-state index is 0.162.